The van der Waals surface area contributed by atoms with Gasteiger partial charge in [-0.3, -0.25) is 4.68 Å². The lowest BCUT2D eigenvalue weighted by atomic mass is 10.3. The summed E-state index contributed by atoms with van der Waals surface area (Å²) < 4.78 is 9.27. The van der Waals surface area contributed by atoms with Crippen molar-refractivity contribution in [3.63, 3.8) is 0 Å². The van der Waals surface area contributed by atoms with Crippen LogP contribution in [0.15, 0.2) is 30.6 Å². The van der Waals surface area contributed by atoms with Crippen molar-refractivity contribution in [2.24, 2.45) is 0 Å². The van der Waals surface area contributed by atoms with Gasteiger partial charge in [0.05, 0.1) is 30.9 Å². The summed E-state index contributed by atoms with van der Waals surface area (Å²) in [6.45, 7) is 1.50. The number of hydrogen-bond acceptors (Lipinski definition) is 4. The lowest BCUT2D eigenvalue weighted by molar-refractivity contribution is 0.415. The van der Waals surface area contributed by atoms with Crippen molar-refractivity contribution in [1.29, 1.82) is 0 Å². The summed E-state index contributed by atoms with van der Waals surface area (Å²) in [4.78, 5) is 4.66. The van der Waals surface area contributed by atoms with Crippen LogP contribution in [0.3, 0.4) is 0 Å². The standard InChI is InChI=1S/C14H16ClN5O/c1-21-11-2-3-12-13(10-11)20(14(17-12)4-5-15)9-8-19-7-6-16-18-19/h2-3,6-7,10H,4-5,8-9H2,1H3. The molecule has 1 aromatic carbocycles. The maximum absolute atomic E-state index is 5.89. The Balaban J connectivity index is 1.97. The fourth-order valence-electron chi connectivity index (χ4n) is 2.36. The molecule has 0 aliphatic carbocycles. The van der Waals surface area contributed by atoms with Crippen LogP contribution in [-0.2, 0) is 19.5 Å². The number of methoxy groups -OCH3 is 1. The second-order valence-electron chi connectivity index (χ2n) is 4.64. The topological polar surface area (TPSA) is 57.8 Å². The molecular weight excluding hydrogens is 290 g/mol. The minimum atomic E-state index is 0.545. The number of ether oxygens (including phenoxy) is 1. The molecule has 0 N–H and O–H groups in total. The van der Waals surface area contributed by atoms with Gasteiger partial charge in [0.25, 0.3) is 0 Å². The normalized spacial score (nSPS) is 11.1. The number of aromatic nitrogens is 5. The largest absolute Gasteiger partial charge is 0.497 e. The van der Waals surface area contributed by atoms with Gasteiger partial charge in [0.15, 0.2) is 0 Å². The van der Waals surface area contributed by atoms with Gasteiger partial charge in [-0.05, 0) is 12.1 Å². The monoisotopic (exact) mass is 305 g/mol. The molecule has 21 heavy (non-hydrogen) atoms. The number of hydrogen-bond donors (Lipinski definition) is 0. The summed E-state index contributed by atoms with van der Waals surface area (Å²) >= 11 is 5.89. The van der Waals surface area contributed by atoms with Gasteiger partial charge in [-0.25, -0.2) is 4.98 Å². The highest BCUT2D eigenvalue weighted by atomic mass is 35.5. The zero-order valence-corrected chi connectivity index (χ0v) is 12.5. The molecule has 2 heterocycles. The van der Waals surface area contributed by atoms with E-state index >= 15 is 0 Å². The minimum Gasteiger partial charge on any atom is -0.497 e. The van der Waals surface area contributed by atoms with Crippen LogP contribution in [-0.4, -0.2) is 37.5 Å². The number of aryl methyl sites for hydroxylation is 3. The number of nitrogens with zero attached hydrogens (tertiary/aromatic N) is 5. The Labute approximate surface area is 127 Å². The molecule has 0 radical (unpaired) electrons. The fraction of sp³-hybridized carbons (Fsp3) is 0.357. The quantitative estimate of drug-likeness (QED) is 0.655. The van der Waals surface area contributed by atoms with Crippen LogP contribution in [0.2, 0.25) is 0 Å². The Morgan fingerprint density at radius 2 is 2.19 bits per heavy atom. The molecule has 6 nitrogen and oxygen atoms in total. The van der Waals surface area contributed by atoms with Crippen molar-refractivity contribution in [3.05, 3.63) is 36.4 Å². The maximum Gasteiger partial charge on any atom is 0.121 e. The van der Waals surface area contributed by atoms with Gasteiger partial charge in [0, 0.05) is 31.1 Å². The third-order valence-corrected chi connectivity index (χ3v) is 3.57. The van der Waals surface area contributed by atoms with E-state index in [4.69, 9.17) is 16.3 Å². The molecule has 3 rings (SSSR count). The van der Waals surface area contributed by atoms with Crippen LogP contribution < -0.4 is 4.74 Å². The molecule has 0 unspecified atom stereocenters. The molecule has 0 aliphatic rings. The summed E-state index contributed by atoms with van der Waals surface area (Å²) in [5, 5.41) is 7.80. The van der Waals surface area contributed by atoms with Crippen LogP contribution in [0.5, 0.6) is 5.75 Å². The van der Waals surface area contributed by atoms with Crippen LogP contribution in [0.4, 0.5) is 0 Å². The van der Waals surface area contributed by atoms with Crippen LogP contribution in [0.25, 0.3) is 11.0 Å². The molecule has 0 saturated carbocycles. The predicted octanol–water partition coefficient (Wildman–Crippen LogP) is 2.12. The van der Waals surface area contributed by atoms with E-state index in [-0.39, 0.29) is 0 Å². The smallest absolute Gasteiger partial charge is 0.121 e. The van der Waals surface area contributed by atoms with Crippen LogP contribution in [0, 0.1) is 0 Å². The third kappa shape index (κ3) is 2.85. The van der Waals surface area contributed by atoms with E-state index in [2.05, 4.69) is 19.9 Å². The van der Waals surface area contributed by atoms with Crippen molar-refractivity contribution in [1.82, 2.24) is 24.5 Å². The molecular formula is C14H16ClN5O. The van der Waals surface area contributed by atoms with E-state index in [0.717, 1.165) is 42.1 Å². The summed E-state index contributed by atoms with van der Waals surface area (Å²) in [5.74, 6) is 2.35. The van der Waals surface area contributed by atoms with Crippen LogP contribution in [0.1, 0.15) is 5.82 Å². The minimum absolute atomic E-state index is 0.545. The number of benzene rings is 1. The van der Waals surface area contributed by atoms with Crippen LogP contribution >= 0.6 is 11.6 Å². The fourth-order valence-corrected chi connectivity index (χ4v) is 2.53. The first-order valence-electron chi connectivity index (χ1n) is 6.75. The first-order valence-corrected chi connectivity index (χ1v) is 7.28. The molecule has 110 valence electrons. The molecule has 2 aromatic heterocycles. The van der Waals surface area contributed by atoms with Crippen molar-refractivity contribution < 1.29 is 4.74 Å². The van der Waals surface area contributed by atoms with Crippen molar-refractivity contribution >= 4 is 22.6 Å². The number of rotatable bonds is 6. The number of alkyl halides is 1. The average Bonchev–Trinajstić information content (AvgIpc) is 3.12. The van der Waals surface area contributed by atoms with Gasteiger partial charge in [0.1, 0.15) is 11.6 Å². The van der Waals surface area contributed by atoms with E-state index in [1.165, 1.54) is 0 Å². The molecule has 0 amide bonds. The van der Waals surface area contributed by atoms with Crippen molar-refractivity contribution in [2.45, 2.75) is 19.5 Å². The molecule has 0 spiro atoms. The van der Waals surface area contributed by atoms with Gasteiger partial charge in [0.2, 0.25) is 0 Å². The average molecular weight is 306 g/mol. The first kappa shape index (κ1) is 13.9. The Morgan fingerprint density at radius 1 is 1.29 bits per heavy atom. The maximum atomic E-state index is 5.89. The zero-order chi connectivity index (χ0) is 14.7. The van der Waals surface area contributed by atoms with E-state index < -0.39 is 0 Å². The summed E-state index contributed by atoms with van der Waals surface area (Å²) in [6.07, 6.45) is 4.26. The van der Waals surface area contributed by atoms with Crippen molar-refractivity contribution in [3.8, 4) is 5.75 Å². The van der Waals surface area contributed by atoms with E-state index in [1.807, 2.05) is 24.4 Å². The molecule has 7 heteroatoms. The second kappa shape index (κ2) is 6.13. The number of fused-ring (bicyclic) bond motifs is 1. The predicted molar refractivity (Wildman–Crippen MR) is 80.7 cm³/mol. The Hall–Kier alpha value is -2.08. The molecule has 0 aliphatic heterocycles. The molecule has 0 saturated heterocycles. The van der Waals surface area contributed by atoms with Gasteiger partial charge >= 0.3 is 0 Å². The SMILES string of the molecule is COc1ccc2nc(CCCl)n(CCn3ccnn3)c2c1. The molecule has 0 bridgehead atoms. The van der Waals surface area contributed by atoms with E-state index in [0.29, 0.717) is 5.88 Å². The summed E-state index contributed by atoms with van der Waals surface area (Å²) in [5.41, 5.74) is 2.00. The molecule has 0 atom stereocenters. The summed E-state index contributed by atoms with van der Waals surface area (Å²) in [6, 6.07) is 5.89. The van der Waals surface area contributed by atoms with Gasteiger partial charge in [-0.2, -0.15) is 0 Å². The second-order valence-corrected chi connectivity index (χ2v) is 5.02. The van der Waals surface area contributed by atoms with E-state index in [9.17, 15) is 0 Å². The lowest BCUT2D eigenvalue weighted by Gasteiger charge is -2.09. The Kier molecular flexibility index (Phi) is 4.06. The number of halogens is 1. The zero-order valence-electron chi connectivity index (χ0n) is 11.7. The van der Waals surface area contributed by atoms with Gasteiger partial charge < -0.3 is 9.30 Å². The number of imidazole rings is 1. The van der Waals surface area contributed by atoms with Gasteiger partial charge in [-0.15, -0.1) is 16.7 Å². The van der Waals surface area contributed by atoms with E-state index in [1.54, 1.807) is 18.0 Å². The first-order chi connectivity index (χ1) is 10.3. The molecule has 3 aromatic rings. The highest BCUT2D eigenvalue weighted by molar-refractivity contribution is 6.17. The third-order valence-electron chi connectivity index (χ3n) is 3.38. The Bertz CT molecular complexity index is 722. The highest BCUT2D eigenvalue weighted by Crippen LogP contribution is 2.22. The summed E-state index contributed by atoms with van der Waals surface area (Å²) in [7, 11) is 1.66. The highest BCUT2D eigenvalue weighted by Gasteiger charge is 2.11. The molecule has 0 fully saturated rings. The Morgan fingerprint density at radius 3 is 2.90 bits per heavy atom. The van der Waals surface area contributed by atoms with Crippen molar-refractivity contribution in [2.75, 3.05) is 13.0 Å². The lowest BCUT2D eigenvalue weighted by Crippen LogP contribution is -2.11. The van der Waals surface area contributed by atoms with Gasteiger partial charge in [-0.1, -0.05) is 5.21 Å².